The van der Waals surface area contributed by atoms with Crippen molar-refractivity contribution in [1.82, 2.24) is 4.98 Å². The van der Waals surface area contributed by atoms with Crippen LogP contribution in [0.5, 0.6) is 5.88 Å². The van der Waals surface area contributed by atoms with E-state index in [0.717, 1.165) is 0 Å². The number of aliphatic hydroxyl groups excluding tert-OH is 1. The molecule has 0 aliphatic carbocycles. The average Bonchev–Trinajstić information content (AvgIpc) is 2.16. The SMILES string of the molecule is COc1cc(C(F)(F)CCO)cc(C)n1. The van der Waals surface area contributed by atoms with E-state index < -0.39 is 19.0 Å². The third-order valence-electron chi connectivity index (χ3n) is 1.99. The van der Waals surface area contributed by atoms with Crippen LogP contribution in [-0.2, 0) is 5.92 Å². The fraction of sp³-hybridized carbons (Fsp3) is 0.500. The fourth-order valence-corrected chi connectivity index (χ4v) is 1.24. The second-order valence-electron chi connectivity index (χ2n) is 3.22. The van der Waals surface area contributed by atoms with E-state index >= 15 is 0 Å². The highest BCUT2D eigenvalue weighted by Crippen LogP contribution is 2.33. The largest absolute Gasteiger partial charge is 0.481 e. The Morgan fingerprint density at radius 3 is 2.67 bits per heavy atom. The van der Waals surface area contributed by atoms with Gasteiger partial charge in [-0.25, -0.2) is 13.8 Å². The van der Waals surface area contributed by atoms with Gasteiger partial charge in [0, 0.05) is 30.4 Å². The molecule has 1 aromatic rings. The molecule has 0 saturated carbocycles. The first-order chi connectivity index (χ1) is 6.99. The van der Waals surface area contributed by atoms with E-state index in [1.165, 1.54) is 19.2 Å². The average molecular weight is 217 g/mol. The molecule has 5 heteroatoms. The number of ether oxygens (including phenoxy) is 1. The lowest BCUT2D eigenvalue weighted by Gasteiger charge is -2.16. The highest BCUT2D eigenvalue weighted by atomic mass is 19.3. The highest BCUT2D eigenvalue weighted by Gasteiger charge is 2.31. The molecule has 0 atom stereocenters. The van der Waals surface area contributed by atoms with Crippen LogP contribution in [0.4, 0.5) is 8.78 Å². The van der Waals surface area contributed by atoms with E-state index in [9.17, 15) is 8.78 Å². The van der Waals surface area contributed by atoms with Crippen molar-refractivity contribution in [1.29, 1.82) is 0 Å². The Morgan fingerprint density at radius 2 is 2.13 bits per heavy atom. The Morgan fingerprint density at radius 1 is 1.47 bits per heavy atom. The zero-order valence-corrected chi connectivity index (χ0v) is 8.63. The van der Waals surface area contributed by atoms with Crippen LogP contribution in [0.1, 0.15) is 17.7 Å². The van der Waals surface area contributed by atoms with Crippen molar-refractivity contribution >= 4 is 0 Å². The quantitative estimate of drug-likeness (QED) is 0.837. The van der Waals surface area contributed by atoms with E-state index in [0.29, 0.717) is 5.69 Å². The lowest BCUT2D eigenvalue weighted by atomic mass is 10.1. The van der Waals surface area contributed by atoms with Crippen molar-refractivity contribution in [2.45, 2.75) is 19.3 Å². The zero-order valence-electron chi connectivity index (χ0n) is 8.63. The first-order valence-corrected chi connectivity index (χ1v) is 4.51. The van der Waals surface area contributed by atoms with E-state index in [1.54, 1.807) is 6.92 Å². The van der Waals surface area contributed by atoms with E-state index in [2.05, 4.69) is 4.98 Å². The first-order valence-electron chi connectivity index (χ1n) is 4.51. The van der Waals surface area contributed by atoms with Gasteiger partial charge in [0.05, 0.1) is 7.11 Å². The summed E-state index contributed by atoms with van der Waals surface area (Å²) in [6.45, 7) is 1.05. The number of aromatic nitrogens is 1. The molecule has 3 nitrogen and oxygen atoms in total. The number of halogens is 2. The number of nitrogens with zero attached hydrogens (tertiary/aromatic N) is 1. The van der Waals surface area contributed by atoms with Gasteiger partial charge in [-0.3, -0.25) is 0 Å². The van der Waals surface area contributed by atoms with Gasteiger partial charge < -0.3 is 9.84 Å². The molecule has 0 aliphatic heterocycles. The molecule has 15 heavy (non-hydrogen) atoms. The second-order valence-corrected chi connectivity index (χ2v) is 3.22. The summed E-state index contributed by atoms with van der Waals surface area (Å²) in [7, 11) is 1.37. The van der Waals surface area contributed by atoms with Crippen LogP contribution in [0.3, 0.4) is 0 Å². The van der Waals surface area contributed by atoms with Crippen LogP contribution in [0.25, 0.3) is 0 Å². The maximum Gasteiger partial charge on any atom is 0.275 e. The molecule has 1 heterocycles. The van der Waals surface area contributed by atoms with E-state index in [4.69, 9.17) is 9.84 Å². The van der Waals surface area contributed by atoms with Gasteiger partial charge in [0.15, 0.2) is 0 Å². The summed E-state index contributed by atoms with van der Waals surface area (Å²) in [5.41, 5.74) is 0.280. The molecule has 0 aromatic carbocycles. The molecule has 0 unspecified atom stereocenters. The normalized spacial score (nSPS) is 11.5. The Balaban J connectivity index is 3.07. The van der Waals surface area contributed by atoms with Gasteiger partial charge in [-0.15, -0.1) is 0 Å². The molecule has 84 valence electrons. The van der Waals surface area contributed by atoms with Gasteiger partial charge in [-0.2, -0.15) is 0 Å². The van der Waals surface area contributed by atoms with Crippen molar-refractivity contribution in [3.8, 4) is 5.88 Å². The molecule has 0 aliphatic rings. The zero-order chi connectivity index (χ0) is 11.5. The van der Waals surface area contributed by atoms with Gasteiger partial charge >= 0.3 is 0 Å². The van der Waals surface area contributed by atoms with Gasteiger partial charge in [-0.1, -0.05) is 0 Å². The van der Waals surface area contributed by atoms with Gasteiger partial charge in [-0.05, 0) is 13.0 Å². The van der Waals surface area contributed by atoms with Gasteiger partial charge in [0.2, 0.25) is 5.88 Å². The monoisotopic (exact) mass is 217 g/mol. The molecule has 0 saturated heterocycles. The molecule has 0 spiro atoms. The summed E-state index contributed by atoms with van der Waals surface area (Å²) < 4.78 is 31.6. The summed E-state index contributed by atoms with van der Waals surface area (Å²) in [4.78, 5) is 3.91. The minimum Gasteiger partial charge on any atom is -0.481 e. The number of alkyl halides is 2. The summed E-state index contributed by atoms with van der Waals surface area (Å²) in [5, 5.41) is 8.53. The van der Waals surface area contributed by atoms with Crippen molar-refractivity contribution in [3.63, 3.8) is 0 Å². The van der Waals surface area contributed by atoms with Crippen LogP contribution < -0.4 is 4.74 Å². The van der Waals surface area contributed by atoms with Gasteiger partial charge in [0.25, 0.3) is 5.92 Å². The van der Waals surface area contributed by atoms with Crippen LogP contribution in [0.15, 0.2) is 12.1 Å². The number of aliphatic hydroxyl groups is 1. The van der Waals surface area contributed by atoms with Crippen molar-refractivity contribution in [2.24, 2.45) is 0 Å². The molecular weight excluding hydrogens is 204 g/mol. The number of hydrogen-bond acceptors (Lipinski definition) is 3. The molecule has 0 fully saturated rings. The molecule has 0 radical (unpaired) electrons. The van der Waals surface area contributed by atoms with Crippen LogP contribution in [0, 0.1) is 6.92 Å². The number of methoxy groups -OCH3 is 1. The maximum atomic E-state index is 13.4. The van der Waals surface area contributed by atoms with E-state index in [1.807, 2.05) is 0 Å². The Kier molecular flexibility index (Phi) is 3.57. The Labute approximate surface area is 86.7 Å². The van der Waals surface area contributed by atoms with Crippen molar-refractivity contribution in [2.75, 3.05) is 13.7 Å². The van der Waals surface area contributed by atoms with E-state index in [-0.39, 0.29) is 11.4 Å². The summed E-state index contributed by atoms with van der Waals surface area (Å²) in [6, 6.07) is 2.47. The molecule has 1 N–H and O–H groups in total. The van der Waals surface area contributed by atoms with Gasteiger partial charge in [0.1, 0.15) is 0 Å². The number of aryl methyl sites for hydroxylation is 1. The Hall–Kier alpha value is -1.23. The third kappa shape index (κ3) is 2.86. The molecular formula is C10H13F2NO2. The topological polar surface area (TPSA) is 42.4 Å². The van der Waals surface area contributed by atoms with Crippen LogP contribution in [0.2, 0.25) is 0 Å². The standard InChI is InChI=1S/C10H13F2NO2/c1-7-5-8(6-9(13-7)15-2)10(11,12)3-4-14/h5-6,14H,3-4H2,1-2H3. The molecule has 0 amide bonds. The predicted octanol–water partition coefficient (Wildman–Crippen LogP) is 1.87. The summed E-state index contributed by atoms with van der Waals surface area (Å²) in [5.74, 6) is -2.89. The Bertz CT molecular complexity index is 342. The lowest BCUT2D eigenvalue weighted by molar-refractivity contribution is -0.0272. The minimum absolute atomic E-state index is 0.155. The molecule has 0 bridgehead atoms. The lowest BCUT2D eigenvalue weighted by Crippen LogP contribution is -2.16. The summed E-state index contributed by atoms with van der Waals surface area (Å²) >= 11 is 0. The van der Waals surface area contributed by atoms with Crippen LogP contribution in [-0.4, -0.2) is 23.8 Å². The highest BCUT2D eigenvalue weighted by molar-refractivity contribution is 5.28. The number of rotatable bonds is 4. The first kappa shape index (κ1) is 11.8. The summed E-state index contributed by atoms with van der Waals surface area (Å²) in [6.07, 6.45) is -0.598. The maximum absolute atomic E-state index is 13.4. The smallest absolute Gasteiger partial charge is 0.275 e. The number of pyridine rings is 1. The molecule has 1 rings (SSSR count). The number of hydrogen-bond donors (Lipinski definition) is 1. The second kappa shape index (κ2) is 4.53. The van der Waals surface area contributed by atoms with Crippen LogP contribution >= 0.6 is 0 Å². The predicted molar refractivity (Wildman–Crippen MR) is 51.1 cm³/mol. The van der Waals surface area contributed by atoms with Crippen molar-refractivity contribution in [3.05, 3.63) is 23.4 Å². The molecule has 1 aromatic heterocycles. The van der Waals surface area contributed by atoms with Crippen molar-refractivity contribution < 1.29 is 18.6 Å². The fourth-order valence-electron chi connectivity index (χ4n) is 1.24. The minimum atomic E-state index is -3.05. The third-order valence-corrected chi connectivity index (χ3v) is 1.99.